The Hall–Kier alpha value is -6.43. The molecule has 0 amide bonds. The van der Waals surface area contributed by atoms with Gasteiger partial charge in [0.2, 0.25) is 0 Å². The number of pyridine rings is 1. The summed E-state index contributed by atoms with van der Waals surface area (Å²) in [5, 5.41) is 4.63. The average molecular weight is 658 g/mol. The first-order chi connectivity index (χ1) is 24.8. The molecule has 0 bridgehead atoms. The Balaban J connectivity index is 1.23. The number of para-hydroxylation sites is 1. The lowest BCUT2D eigenvalue weighted by atomic mass is 9.95. The summed E-state index contributed by atoms with van der Waals surface area (Å²) in [6, 6.07) is 52.8. The van der Waals surface area contributed by atoms with Gasteiger partial charge in [-0.05, 0) is 53.6 Å². The van der Waals surface area contributed by atoms with Gasteiger partial charge in [-0.2, -0.15) is 0 Å². The molecule has 6 aromatic carbocycles. The van der Waals surface area contributed by atoms with Crippen LogP contribution in [0.15, 0.2) is 168 Å². The van der Waals surface area contributed by atoms with Crippen molar-refractivity contribution in [2.24, 2.45) is 0 Å². The van der Waals surface area contributed by atoms with Crippen LogP contribution in [0.1, 0.15) is 0 Å². The topological polar surface area (TPSA) is 51.8 Å². The molecule has 0 aliphatic heterocycles. The van der Waals surface area contributed by atoms with E-state index in [0.717, 1.165) is 72.3 Å². The van der Waals surface area contributed by atoms with Crippen LogP contribution in [0.2, 0.25) is 0 Å². The molecule has 4 nitrogen and oxygen atoms in total. The van der Waals surface area contributed by atoms with Gasteiger partial charge in [-0.3, -0.25) is 4.98 Å². The van der Waals surface area contributed by atoms with Crippen molar-refractivity contribution in [1.82, 2.24) is 15.0 Å². The molecule has 0 aliphatic carbocycles. The third-order valence-corrected chi connectivity index (χ3v) is 10.6. The van der Waals surface area contributed by atoms with E-state index in [1.807, 2.05) is 66.1 Å². The number of aromatic nitrogens is 3. The molecule has 4 aromatic heterocycles. The number of hydrogen-bond acceptors (Lipinski definition) is 5. The Morgan fingerprint density at radius 3 is 2.06 bits per heavy atom. The predicted octanol–water partition coefficient (Wildman–Crippen LogP) is 12.5. The minimum Gasteiger partial charge on any atom is -0.455 e. The SMILES string of the molecule is c1ccc(-c2cc(-c3ccc(-c4ccc5sc6ccccc6c5c4)c4oc5ccccc5c34)nc(-c3ccccc3-c3cccnc3)n2)cc1. The summed E-state index contributed by atoms with van der Waals surface area (Å²) in [7, 11) is 0. The van der Waals surface area contributed by atoms with Crippen molar-refractivity contribution < 1.29 is 4.42 Å². The van der Waals surface area contributed by atoms with Crippen molar-refractivity contribution in [3.8, 4) is 56.2 Å². The molecule has 50 heavy (non-hydrogen) atoms. The van der Waals surface area contributed by atoms with Gasteiger partial charge in [0.1, 0.15) is 11.2 Å². The second kappa shape index (κ2) is 11.6. The third-order valence-electron chi connectivity index (χ3n) is 9.43. The first-order valence-corrected chi connectivity index (χ1v) is 17.4. The van der Waals surface area contributed by atoms with E-state index in [0.29, 0.717) is 5.82 Å². The number of rotatable bonds is 5. The molecule has 4 heterocycles. The molecule has 5 heteroatoms. The summed E-state index contributed by atoms with van der Waals surface area (Å²) in [6.07, 6.45) is 3.68. The van der Waals surface area contributed by atoms with Crippen LogP contribution in [0, 0.1) is 0 Å². The summed E-state index contributed by atoms with van der Waals surface area (Å²) in [5.41, 5.74) is 10.6. The van der Waals surface area contributed by atoms with Crippen LogP contribution in [-0.4, -0.2) is 15.0 Å². The Morgan fingerprint density at radius 2 is 1.18 bits per heavy atom. The molecule has 0 radical (unpaired) electrons. The van der Waals surface area contributed by atoms with Gasteiger partial charge in [0.25, 0.3) is 0 Å². The zero-order valence-electron chi connectivity index (χ0n) is 26.7. The lowest BCUT2D eigenvalue weighted by Gasteiger charge is -2.14. The van der Waals surface area contributed by atoms with Crippen LogP contribution in [0.5, 0.6) is 0 Å². The molecule has 10 aromatic rings. The molecule has 0 spiro atoms. The van der Waals surface area contributed by atoms with Crippen molar-refractivity contribution in [2.45, 2.75) is 0 Å². The lowest BCUT2D eigenvalue weighted by molar-refractivity contribution is 0.670. The number of furan rings is 1. The van der Waals surface area contributed by atoms with Gasteiger partial charge in [0.15, 0.2) is 5.82 Å². The van der Waals surface area contributed by atoms with Crippen LogP contribution in [0.25, 0.3) is 98.3 Å². The molecule has 0 unspecified atom stereocenters. The van der Waals surface area contributed by atoms with E-state index in [9.17, 15) is 0 Å². The van der Waals surface area contributed by atoms with E-state index in [1.54, 1.807) is 6.20 Å². The number of thiophene rings is 1. The number of benzene rings is 6. The van der Waals surface area contributed by atoms with Gasteiger partial charge < -0.3 is 4.42 Å². The molecule has 0 aliphatic rings. The first-order valence-electron chi connectivity index (χ1n) is 16.6. The quantitative estimate of drug-likeness (QED) is 0.185. The van der Waals surface area contributed by atoms with Crippen LogP contribution in [0.4, 0.5) is 0 Å². The molecular weight excluding hydrogens is 631 g/mol. The van der Waals surface area contributed by atoms with Gasteiger partial charge in [0, 0.05) is 71.2 Å². The van der Waals surface area contributed by atoms with Gasteiger partial charge in [-0.15, -0.1) is 11.3 Å². The van der Waals surface area contributed by atoms with E-state index in [2.05, 4.69) is 108 Å². The molecule has 0 atom stereocenters. The van der Waals surface area contributed by atoms with E-state index in [1.165, 1.54) is 20.2 Å². The van der Waals surface area contributed by atoms with Crippen molar-refractivity contribution in [1.29, 1.82) is 0 Å². The summed E-state index contributed by atoms with van der Waals surface area (Å²) in [4.78, 5) is 14.9. The van der Waals surface area contributed by atoms with E-state index < -0.39 is 0 Å². The zero-order valence-corrected chi connectivity index (χ0v) is 27.6. The van der Waals surface area contributed by atoms with Gasteiger partial charge in [-0.1, -0.05) is 109 Å². The maximum absolute atomic E-state index is 6.74. The molecule has 10 rings (SSSR count). The minimum absolute atomic E-state index is 0.653. The molecule has 0 fully saturated rings. The van der Waals surface area contributed by atoms with Crippen molar-refractivity contribution in [3.05, 3.63) is 164 Å². The Morgan fingerprint density at radius 1 is 0.460 bits per heavy atom. The highest BCUT2D eigenvalue weighted by molar-refractivity contribution is 7.25. The molecule has 234 valence electrons. The molecular formula is C45H27N3OS. The predicted molar refractivity (Wildman–Crippen MR) is 207 cm³/mol. The van der Waals surface area contributed by atoms with Gasteiger partial charge in [-0.25, -0.2) is 9.97 Å². The Bertz CT molecular complexity index is 2870. The molecule has 0 saturated heterocycles. The summed E-state index contributed by atoms with van der Waals surface area (Å²) < 4.78 is 9.31. The number of hydrogen-bond donors (Lipinski definition) is 0. The van der Waals surface area contributed by atoms with Crippen LogP contribution in [-0.2, 0) is 0 Å². The van der Waals surface area contributed by atoms with Crippen LogP contribution >= 0.6 is 11.3 Å². The van der Waals surface area contributed by atoms with Crippen LogP contribution in [0.3, 0.4) is 0 Å². The molecule has 0 saturated carbocycles. The largest absolute Gasteiger partial charge is 0.455 e. The molecule has 0 N–H and O–H groups in total. The Kier molecular flexibility index (Phi) is 6.64. The van der Waals surface area contributed by atoms with Crippen molar-refractivity contribution >= 4 is 53.4 Å². The highest BCUT2D eigenvalue weighted by atomic mass is 32.1. The smallest absolute Gasteiger partial charge is 0.161 e. The summed E-state index contributed by atoms with van der Waals surface area (Å²) in [5.74, 6) is 0.653. The van der Waals surface area contributed by atoms with Gasteiger partial charge in [0.05, 0.1) is 11.4 Å². The van der Waals surface area contributed by atoms with Crippen molar-refractivity contribution in [2.75, 3.05) is 0 Å². The van der Waals surface area contributed by atoms with E-state index in [-0.39, 0.29) is 0 Å². The van der Waals surface area contributed by atoms with Crippen LogP contribution < -0.4 is 0 Å². The zero-order chi connectivity index (χ0) is 33.0. The highest BCUT2D eigenvalue weighted by Gasteiger charge is 2.21. The van der Waals surface area contributed by atoms with Crippen molar-refractivity contribution in [3.63, 3.8) is 0 Å². The average Bonchev–Trinajstić information content (AvgIpc) is 3.77. The second-order valence-electron chi connectivity index (χ2n) is 12.4. The monoisotopic (exact) mass is 657 g/mol. The highest BCUT2D eigenvalue weighted by Crippen LogP contribution is 2.44. The minimum atomic E-state index is 0.653. The normalized spacial score (nSPS) is 11.6. The first kappa shape index (κ1) is 28.6. The second-order valence-corrected chi connectivity index (χ2v) is 13.5. The fourth-order valence-electron chi connectivity index (χ4n) is 7.08. The fraction of sp³-hybridized carbons (Fsp3) is 0. The summed E-state index contributed by atoms with van der Waals surface area (Å²) in [6.45, 7) is 0. The lowest BCUT2D eigenvalue weighted by Crippen LogP contribution is -1.98. The third kappa shape index (κ3) is 4.71. The fourth-order valence-corrected chi connectivity index (χ4v) is 8.16. The Labute approximate surface area is 292 Å². The van der Waals surface area contributed by atoms with E-state index >= 15 is 0 Å². The van der Waals surface area contributed by atoms with Gasteiger partial charge >= 0.3 is 0 Å². The maximum Gasteiger partial charge on any atom is 0.161 e. The van der Waals surface area contributed by atoms with E-state index in [4.69, 9.17) is 14.4 Å². The summed E-state index contributed by atoms with van der Waals surface area (Å²) >= 11 is 1.83. The standard InChI is InChI=1S/C45H27N3OS/c1-2-11-28(12-3-1)38-26-39(48-45(47-38)34-16-5-4-14-31(34)30-13-10-24-46-27-30)35-22-21-32(44-43(35)36-17-6-8-18-40(36)49-44)29-20-23-42-37(25-29)33-15-7-9-19-41(33)50-42/h1-27H. The number of nitrogens with zero attached hydrogens (tertiary/aromatic N) is 3. The maximum atomic E-state index is 6.74. The number of fused-ring (bicyclic) bond motifs is 6.